The first-order chi connectivity index (χ1) is 10.3. The Morgan fingerprint density at radius 3 is 2.36 bits per heavy atom. The van der Waals surface area contributed by atoms with Crippen LogP contribution in [0.15, 0.2) is 24.3 Å². The fraction of sp³-hybridized carbons (Fsp3) is 0.700. The van der Waals surface area contributed by atoms with E-state index in [1.165, 1.54) is 17.5 Å². The zero-order chi connectivity index (χ0) is 16.3. The van der Waals surface area contributed by atoms with Gasteiger partial charge in [-0.15, -0.1) is 0 Å². The van der Waals surface area contributed by atoms with Gasteiger partial charge in [0, 0.05) is 18.1 Å². The van der Waals surface area contributed by atoms with Crippen LogP contribution in [0.5, 0.6) is 0 Å². The number of morpholine rings is 1. The van der Waals surface area contributed by atoms with Gasteiger partial charge >= 0.3 is 0 Å². The number of hydrogen-bond donors (Lipinski definition) is 0. The molecular weight excluding hydrogens is 270 g/mol. The van der Waals surface area contributed by atoms with Crippen LogP contribution in [0.4, 0.5) is 0 Å². The van der Waals surface area contributed by atoms with Gasteiger partial charge in [-0.05, 0) is 43.2 Å². The summed E-state index contributed by atoms with van der Waals surface area (Å²) in [6, 6.07) is 10.8. The molecule has 1 heterocycles. The molecule has 3 atom stereocenters. The molecule has 124 valence electrons. The molecule has 1 aliphatic heterocycles. The number of benzene rings is 1. The third-order valence-corrected chi connectivity index (χ3v) is 4.89. The highest BCUT2D eigenvalue weighted by atomic mass is 16.5. The van der Waals surface area contributed by atoms with Crippen LogP contribution < -0.4 is 0 Å². The van der Waals surface area contributed by atoms with Crippen molar-refractivity contribution < 1.29 is 4.74 Å². The van der Waals surface area contributed by atoms with E-state index in [9.17, 15) is 0 Å². The Morgan fingerprint density at radius 2 is 1.82 bits per heavy atom. The van der Waals surface area contributed by atoms with E-state index in [1.807, 2.05) is 0 Å². The van der Waals surface area contributed by atoms with E-state index >= 15 is 0 Å². The summed E-state index contributed by atoms with van der Waals surface area (Å²) in [5.41, 5.74) is 3.12. The predicted molar refractivity (Wildman–Crippen MR) is 94.5 cm³/mol. The average Bonchev–Trinajstić information content (AvgIpc) is 2.45. The predicted octanol–water partition coefficient (Wildman–Crippen LogP) is 4.41. The highest BCUT2D eigenvalue weighted by Crippen LogP contribution is 2.26. The van der Waals surface area contributed by atoms with Crippen LogP contribution in [0.2, 0.25) is 0 Å². The maximum Gasteiger partial charge on any atom is 0.0620 e. The third kappa shape index (κ3) is 4.11. The molecule has 0 aliphatic carbocycles. The van der Waals surface area contributed by atoms with Crippen molar-refractivity contribution in [2.45, 2.75) is 77.9 Å². The minimum atomic E-state index is 0.220. The average molecular weight is 303 g/mol. The van der Waals surface area contributed by atoms with Crippen molar-refractivity contribution in [2.75, 3.05) is 13.2 Å². The Balaban J connectivity index is 2.16. The van der Waals surface area contributed by atoms with E-state index in [0.29, 0.717) is 18.1 Å². The Labute approximate surface area is 136 Å². The molecule has 0 spiro atoms. The van der Waals surface area contributed by atoms with Crippen LogP contribution in [-0.4, -0.2) is 36.2 Å². The molecule has 0 saturated carbocycles. The smallest absolute Gasteiger partial charge is 0.0620 e. The first-order valence-corrected chi connectivity index (χ1v) is 8.77. The van der Waals surface area contributed by atoms with Crippen molar-refractivity contribution in [3.8, 4) is 0 Å². The van der Waals surface area contributed by atoms with Crippen LogP contribution in [0.1, 0.15) is 59.1 Å². The molecule has 2 nitrogen and oxygen atoms in total. The molecule has 2 rings (SSSR count). The van der Waals surface area contributed by atoms with Crippen LogP contribution in [0.3, 0.4) is 0 Å². The molecule has 1 aliphatic rings. The molecule has 1 aromatic carbocycles. The van der Waals surface area contributed by atoms with Crippen molar-refractivity contribution in [1.29, 1.82) is 0 Å². The number of ether oxygens (including phenoxy) is 1. The van der Waals surface area contributed by atoms with Crippen molar-refractivity contribution in [2.24, 2.45) is 0 Å². The lowest BCUT2D eigenvalue weighted by atomic mass is 9.85. The lowest BCUT2D eigenvalue weighted by molar-refractivity contribution is -0.0587. The van der Waals surface area contributed by atoms with E-state index in [4.69, 9.17) is 4.74 Å². The summed E-state index contributed by atoms with van der Waals surface area (Å²) >= 11 is 0. The second-order valence-corrected chi connectivity index (χ2v) is 7.90. The monoisotopic (exact) mass is 303 g/mol. The highest BCUT2D eigenvalue weighted by molar-refractivity contribution is 5.29. The van der Waals surface area contributed by atoms with Gasteiger partial charge in [0.1, 0.15) is 0 Å². The standard InChI is InChI=1S/C20H33NO/c1-7-19(21-15(2)13-22-14-16(21)3)12-17-9-8-10-18(11-17)20(4,5)6/h8-11,15-16,19H,7,12-14H2,1-6H3. The molecule has 3 unspecified atom stereocenters. The first kappa shape index (κ1) is 17.5. The summed E-state index contributed by atoms with van der Waals surface area (Å²) in [6.45, 7) is 15.5. The number of nitrogens with zero attached hydrogens (tertiary/aromatic N) is 1. The van der Waals surface area contributed by atoms with Crippen LogP contribution in [0.25, 0.3) is 0 Å². The minimum absolute atomic E-state index is 0.220. The Morgan fingerprint density at radius 1 is 1.18 bits per heavy atom. The molecular formula is C20H33NO. The zero-order valence-corrected chi connectivity index (χ0v) is 15.2. The molecule has 1 aromatic rings. The normalized spacial score (nSPS) is 25.2. The lowest BCUT2D eigenvalue weighted by Crippen LogP contribution is -2.54. The van der Waals surface area contributed by atoms with Gasteiger partial charge < -0.3 is 4.74 Å². The van der Waals surface area contributed by atoms with Gasteiger partial charge in [-0.3, -0.25) is 4.90 Å². The van der Waals surface area contributed by atoms with Gasteiger partial charge in [0.05, 0.1) is 13.2 Å². The molecule has 1 saturated heterocycles. The molecule has 0 radical (unpaired) electrons. The fourth-order valence-electron chi connectivity index (χ4n) is 3.63. The summed E-state index contributed by atoms with van der Waals surface area (Å²) in [5.74, 6) is 0. The van der Waals surface area contributed by atoms with Crippen molar-refractivity contribution in [3.05, 3.63) is 35.4 Å². The molecule has 0 bridgehead atoms. The molecule has 0 N–H and O–H groups in total. The third-order valence-electron chi connectivity index (χ3n) is 4.89. The number of hydrogen-bond acceptors (Lipinski definition) is 2. The zero-order valence-electron chi connectivity index (χ0n) is 15.2. The van der Waals surface area contributed by atoms with Gasteiger partial charge in [0.15, 0.2) is 0 Å². The van der Waals surface area contributed by atoms with E-state index in [-0.39, 0.29) is 5.41 Å². The summed E-state index contributed by atoms with van der Waals surface area (Å²) in [6.07, 6.45) is 2.32. The SMILES string of the molecule is CCC(Cc1cccc(C(C)(C)C)c1)N1C(C)COCC1C. The second-order valence-electron chi connectivity index (χ2n) is 7.90. The maximum atomic E-state index is 5.69. The Kier molecular flexibility index (Phi) is 5.68. The molecule has 0 aromatic heterocycles. The van der Waals surface area contributed by atoms with Crippen LogP contribution >= 0.6 is 0 Å². The summed E-state index contributed by atoms with van der Waals surface area (Å²) in [4.78, 5) is 2.67. The van der Waals surface area contributed by atoms with Gasteiger partial charge in [-0.2, -0.15) is 0 Å². The largest absolute Gasteiger partial charge is 0.378 e. The van der Waals surface area contributed by atoms with Crippen LogP contribution in [0, 0.1) is 0 Å². The Bertz CT molecular complexity index is 467. The van der Waals surface area contributed by atoms with Gasteiger partial charge in [0.2, 0.25) is 0 Å². The minimum Gasteiger partial charge on any atom is -0.378 e. The van der Waals surface area contributed by atoms with Gasteiger partial charge in [-0.1, -0.05) is 52.0 Å². The quantitative estimate of drug-likeness (QED) is 0.816. The molecule has 1 fully saturated rings. The van der Waals surface area contributed by atoms with Gasteiger partial charge in [0.25, 0.3) is 0 Å². The summed E-state index contributed by atoms with van der Waals surface area (Å²) < 4.78 is 5.69. The molecule has 0 amide bonds. The topological polar surface area (TPSA) is 12.5 Å². The van der Waals surface area contributed by atoms with E-state index in [0.717, 1.165) is 19.6 Å². The van der Waals surface area contributed by atoms with E-state index in [1.54, 1.807) is 0 Å². The number of rotatable bonds is 4. The fourth-order valence-corrected chi connectivity index (χ4v) is 3.63. The first-order valence-electron chi connectivity index (χ1n) is 8.77. The molecule has 2 heteroatoms. The Hall–Kier alpha value is -0.860. The van der Waals surface area contributed by atoms with E-state index < -0.39 is 0 Å². The second kappa shape index (κ2) is 7.14. The summed E-state index contributed by atoms with van der Waals surface area (Å²) in [7, 11) is 0. The van der Waals surface area contributed by atoms with Crippen LogP contribution in [-0.2, 0) is 16.6 Å². The molecule has 22 heavy (non-hydrogen) atoms. The summed E-state index contributed by atoms with van der Waals surface area (Å²) in [5, 5.41) is 0. The van der Waals surface area contributed by atoms with E-state index in [2.05, 4.69) is 70.7 Å². The van der Waals surface area contributed by atoms with Gasteiger partial charge in [-0.25, -0.2) is 0 Å². The lowest BCUT2D eigenvalue weighted by Gasteiger charge is -2.44. The van der Waals surface area contributed by atoms with Crippen molar-refractivity contribution in [1.82, 2.24) is 4.90 Å². The maximum absolute atomic E-state index is 5.69. The van der Waals surface area contributed by atoms with Crippen molar-refractivity contribution in [3.63, 3.8) is 0 Å². The van der Waals surface area contributed by atoms with Crippen molar-refractivity contribution >= 4 is 0 Å². The highest BCUT2D eigenvalue weighted by Gasteiger charge is 2.30.